The minimum absolute atomic E-state index is 0.0400. The third kappa shape index (κ3) is 7.92. The summed E-state index contributed by atoms with van der Waals surface area (Å²) in [5.41, 5.74) is 4.40. The fourth-order valence-corrected chi connectivity index (χ4v) is 5.43. The van der Waals surface area contributed by atoms with Crippen LogP contribution in [0.3, 0.4) is 0 Å². The quantitative estimate of drug-likeness (QED) is 0.359. The molecule has 0 aromatic heterocycles. The number of rotatable bonds is 8. The van der Waals surface area contributed by atoms with Gasteiger partial charge in [-0.25, -0.2) is 13.4 Å². The van der Waals surface area contributed by atoms with E-state index in [1.807, 2.05) is 55.2 Å². The molecule has 1 atom stereocenters. The van der Waals surface area contributed by atoms with Crippen molar-refractivity contribution < 1.29 is 13.2 Å². The van der Waals surface area contributed by atoms with Crippen LogP contribution in [0.5, 0.6) is 0 Å². The molecule has 38 heavy (non-hydrogen) atoms. The lowest BCUT2D eigenvalue weighted by molar-refractivity contribution is -0.132. The smallest absolute Gasteiger partial charge is 0.262 e. The molecular formula is C30H38N4O3S. The minimum Gasteiger partial charge on any atom is -0.368 e. The first kappa shape index (κ1) is 28.9. The summed E-state index contributed by atoms with van der Waals surface area (Å²) in [6, 6.07) is 15.0. The molecule has 0 aliphatic carbocycles. The van der Waals surface area contributed by atoms with Crippen molar-refractivity contribution in [2.45, 2.75) is 52.0 Å². The second kappa shape index (κ2) is 13.2. The lowest BCUT2D eigenvalue weighted by Gasteiger charge is -2.41. The maximum absolute atomic E-state index is 13.0. The monoisotopic (exact) mass is 534 g/mol. The minimum atomic E-state index is -3.70. The number of hydrogen-bond acceptors (Lipinski definition) is 5. The first-order chi connectivity index (χ1) is 18.1. The molecule has 1 aliphatic heterocycles. The molecule has 3 rings (SSSR count). The van der Waals surface area contributed by atoms with E-state index in [0.29, 0.717) is 31.9 Å². The van der Waals surface area contributed by atoms with Gasteiger partial charge in [-0.3, -0.25) is 9.52 Å². The Morgan fingerprint density at radius 1 is 1.05 bits per heavy atom. The van der Waals surface area contributed by atoms with Crippen LogP contribution < -0.4 is 9.62 Å². The molecule has 1 saturated heterocycles. The summed E-state index contributed by atoms with van der Waals surface area (Å²) in [6.45, 7) is 11.6. The van der Waals surface area contributed by atoms with E-state index < -0.39 is 10.0 Å². The lowest BCUT2D eigenvalue weighted by Crippen LogP contribution is -2.54. The first-order valence-electron chi connectivity index (χ1n) is 12.8. The van der Waals surface area contributed by atoms with Crippen molar-refractivity contribution in [2.24, 2.45) is 4.99 Å². The summed E-state index contributed by atoms with van der Waals surface area (Å²) >= 11 is 0. The van der Waals surface area contributed by atoms with Gasteiger partial charge in [-0.05, 0) is 70.0 Å². The van der Waals surface area contributed by atoms with Crippen molar-refractivity contribution in [1.82, 2.24) is 9.62 Å². The third-order valence-corrected chi connectivity index (χ3v) is 7.65. The molecule has 1 fully saturated rings. The zero-order chi connectivity index (χ0) is 27.7. The maximum atomic E-state index is 13.0. The first-order valence-corrected chi connectivity index (χ1v) is 14.3. The number of sulfonamides is 1. The third-order valence-electron chi connectivity index (χ3n) is 6.19. The Labute approximate surface area is 227 Å². The normalized spacial score (nSPS) is 16.8. The highest BCUT2D eigenvalue weighted by Gasteiger charge is 2.27. The van der Waals surface area contributed by atoms with Gasteiger partial charge in [0, 0.05) is 44.0 Å². The number of nitrogens with one attached hydrogen (secondary N) is 1. The molecule has 1 unspecified atom stereocenters. The van der Waals surface area contributed by atoms with E-state index >= 15 is 0 Å². The highest BCUT2D eigenvalue weighted by molar-refractivity contribution is 7.90. The molecule has 1 heterocycles. The van der Waals surface area contributed by atoms with Gasteiger partial charge >= 0.3 is 0 Å². The topological polar surface area (TPSA) is 82.1 Å². The van der Waals surface area contributed by atoms with Crippen LogP contribution in [0.4, 0.5) is 5.69 Å². The van der Waals surface area contributed by atoms with Crippen LogP contribution in [0.1, 0.15) is 52.2 Å². The molecule has 0 radical (unpaired) electrons. The Morgan fingerprint density at radius 2 is 1.74 bits per heavy atom. The molecule has 2 aromatic carbocycles. The van der Waals surface area contributed by atoms with Gasteiger partial charge in [-0.2, -0.15) is 0 Å². The average molecular weight is 535 g/mol. The summed E-state index contributed by atoms with van der Waals surface area (Å²) in [7, 11) is -3.70. The molecule has 0 bridgehead atoms. The van der Waals surface area contributed by atoms with E-state index in [0.717, 1.165) is 16.8 Å². The van der Waals surface area contributed by atoms with Crippen molar-refractivity contribution >= 4 is 39.6 Å². The van der Waals surface area contributed by atoms with Crippen LogP contribution in [-0.2, 0) is 14.8 Å². The van der Waals surface area contributed by atoms with Crippen LogP contribution in [0.2, 0.25) is 0 Å². The number of benzene rings is 2. The molecule has 7 nitrogen and oxygen atoms in total. The van der Waals surface area contributed by atoms with Crippen molar-refractivity contribution in [1.29, 1.82) is 0 Å². The highest BCUT2D eigenvalue weighted by atomic mass is 32.2. The molecular weight excluding hydrogens is 496 g/mol. The predicted octanol–water partition coefficient (Wildman–Crippen LogP) is 5.48. The number of allylic oxidation sites excluding steroid dienone is 2. The van der Waals surface area contributed by atoms with Gasteiger partial charge in [-0.15, -0.1) is 0 Å². The molecule has 202 valence electrons. The van der Waals surface area contributed by atoms with E-state index in [1.54, 1.807) is 25.1 Å². The number of anilines is 1. The van der Waals surface area contributed by atoms with Gasteiger partial charge < -0.3 is 9.80 Å². The second-order valence-corrected chi connectivity index (χ2v) is 11.3. The fraction of sp³-hybridized carbons (Fsp3) is 0.333. The van der Waals surface area contributed by atoms with Gasteiger partial charge in [0.2, 0.25) is 5.91 Å². The number of aliphatic imine (C=N–C) groups is 1. The Hall–Kier alpha value is -3.65. The number of nitrogens with zero attached hydrogens (tertiary/aromatic N) is 3. The summed E-state index contributed by atoms with van der Waals surface area (Å²) in [5.74, 6) is 0.407. The average Bonchev–Trinajstić information content (AvgIpc) is 2.88. The predicted molar refractivity (Wildman–Crippen MR) is 157 cm³/mol. The molecule has 1 amide bonds. The number of carbonyl (C=O) groups is 1. The molecule has 1 N–H and O–H groups in total. The molecule has 1 aliphatic rings. The fourth-order valence-electron chi connectivity index (χ4n) is 4.37. The summed E-state index contributed by atoms with van der Waals surface area (Å²) in [6.07, 6.45) is 9.71. The number of carbonyl (C=O) groups excluding carboxylic acids is 1. The number of piperazine rings is 1. The highest BCUT2D eigenvalue weighted by Crippen LogP contribution is 2.22. The van der Waals surface area contributed by atoms with E-state index in [4.69, 9.17) is 0 Å². The standard InChI is InChI=1S/C30H38N4O3S/c1-6-18-31-25(5)32-38(36,37)29-16-14-28(15-17-29)33-19-20-34(24(4)22-33)30(35)13-9-12-26-10-7-8-11-27(26)21-23(2)3/h6-12,14-18,21,24H,13,19-20,22H2,1-5H3,(H,31,32)/b12-9+,18-6-. The Balaban J connectivity index is 1.59. The van der Waals surface area contributed by atoms with E-state index in [1.165, 1.54) is 11.8 Å². The van der Waals surface area contributed by atoms with Crippen LogP contribution in [0, 0.1) is 0 Å². The van der Waals surface area contributed by atoms with Crippen molar-refractivity contribution in [3.05, 3.63) is 83.6 Å². The van der Waals surface area contributed by atoms with Crippen LogP contribution >= 0.6 is 0 Å². The molecule has 0 saturated carbocycles. The van der Waals surface area contributed by atoms with E-state index in [-0.39, 0.29) is 16.8 Å². The second-order valence-electron chi connectivity index (χ2n) is 9.64. The maximum Gasteiger partial charge on any atom is 0.262 e. The van der Waals surface area contributed by atoms with Crippen LogP contribution in [0.15, 0.2) is 82.3 Å². The summed E-state index contributed by atoms with van der Waals surface area (Å²) in [5, 5.41) is 0. The number of amidine groups is 1. The molecule has 8 heteroatoms. The Kier molecular flexibility index (Phi) is 10.1. The van der Waals surface area contributed by atoms with E-state index in [9.17, 15) is 13.2 Å². The SMILES string of the molecule is C/C=C\N=C(/C)NS(=O)(=O)c1ccc(N2CCN(C(=O)C/C=C/c3ccccc3C=C(C)C)C(C)C2)cc1. The van der Waals surface area contributed by atoms with Gasteiger partial charge in [0.15, 0.2) is 0 Å². The van der Waals surface area contributed by atoms with Crippen molar-refractivity contribution in [2.75, 3.05) is 24.5 Å². The van der Waals surface area contributed by atoms with Crippen LogP contribution in [0.25, 0.3) is 12.2 Å². The van der Waals surface area contributed by atoms with E-state index in [2.05, 4.69) is 46.7 Å². The summed E-state index contributed by atoms with van der Waals surface area (Å²) < 4.78 is 27.7. The summed E-state index contributed by atoms with van der Waals surface area (Å²) in [4.78, 5) is 21.3. The van der Waals surface area contributed by atoms with Gasteiger partial charge in [0.25, 0.3) is 10.0 Å². The molecule has 0 spiro atoms. The van der Waals surface area contributed by atoms with Gasteiger partial charge in [-0.1, -0.05) is 54.1 Å². The van der Waals surface area contributed by atoms with Crippen LogP contribution in [-0.4, -0.2) is 50.7 Å². The number of hydrogen-bond donors (Lipinski definition) is 1. The Morgan fingerprint density at radius 3 is 2.37 bits per heavy atom. The van der Waals surface area contributed by atoms with Gasteiger partial charge in [0.1, 0.15) is 5.84 Å². The van der Waals surface area contributed by atoms with Crippen molar-refractivity contribution in [3.8, 4) is 0 Å². The molecule has 2 aromatic rings. The number of amides is 1. The van der Waals surface area contributed by atoms with Crippen molar-refractivity contribution in [3.63, 3.8) is 0 Å². The lowest BCUT2D eigenvalue weighted by atomic mass is 10.0. The zero-order valence-electron chi connectivity index (χ0n) is 22.9. The zero-order valence-corrected chi connectivity index (χ0v) is 23.7. The largest absolute Gasteiger partial charge is 0.368 e. The Bertz CT molecular complexity index is 1340. The van der Waals surface area contributed by atoms with Gasteiger partial charge in [0.05, 0.1) is 4.90 Å².